The van der Waals surface area contributed by atoms with Gasteiger partial charge in [-0.15, -0.1) is 0 Å². The SMILES string of the molecule is CC1CCCC/C1=N/NC(=O)CCC(=O)N/N=C1\CCCCC1C. The maximum atomic E-state index is 11.8. The van der Waals surface area contributed by atoms with Gasteiger partial charge in [-0.1, -0.05) is 26.7 Å². The summed E-state index contributed by atoms with van der Waals surface area (Å²) < 4.78 is 0. The van der Waals surface area contributed by atoms with E-state index in [0.717, 1.165) is 49.9 Å². The normalized spacial score (nSPS) is 27.9. The van der Waals surface area contributed by atoms with E-state index in [1.165, 1.54) is 12.8 Å². The molecule has 134 valence electrons. The van der Waals surface area contributed by atoms with E-state index in [2.05, 4.69) is 34.9 Å². The van der Waals surface area contributed by atoms with Crippen LogP contribution in [0.25, 0.3) is 0 Å². The summed E-state index contributed by atoms with van der Waals surface area (Å²) >= 11 is 0. The van der Waals surface area contributed by atoms with E-state index in [9.17, 15) is 9.59 Å². The van der Waals surface area contributed by atoms with Gasteiger partial charge < -0.3 is 0 Å². The number of hydrazone groups is 2. The Hall–Kier alpha value is -1.72. The van der Waals surface area contributed by atoms with Crippen molar-refractivity contribution in [3.05, 3.63) is 0 Å². The zero-order chi connectivity index (χ0) is 17.4. The summed E-state index contributed by atoms with van der Waals surface area (Å²) in [5, 5.41) is 8.46. The van der Waals surface area contributed by atoms with Crippen molar-refractivity contribution in [2.24, 2.45) is 22.0 Å². The predicted octanol–water partition coefficient (Wildman–Crippen LogP) is 3.13. The Morgan fingerprint density at radius 3 is 1.62 bits per heavy atom. The molecule has 2 fully saturated rings. The maximum absolute atomic E-state index is 11.8. The van der Waals surface area contributed by atoms with Crippen LogP contribution in [0.4, 0.5) is 0 Å². The first-order chi connectivity index (χ1) is 11.6. The van der Waals surface area contributed by atoms with Crippen molar-refractivity contribution < 1.29 is 9.59 Å². The van der Waals surface area contributed by atoms with Crippen molar-refractivity contribution in [1.29, 1.82) is 0 Å². The van der Waals surface area contributed by atoms with E-state index in [-0.39, 0.29) is 24.7 Å². The van der Waals surface area contributed by atoms with Gasteiger partial charge in [0.1, 0.15) is 0 Å². The van der Waals surface area contributed by atoms with Crippen molar-refractivity contribution in [3.8, 4) is 0 Å². The molecule has 2 saturated carbocycles. The van der Waals surface area contributed by atoms with Crippen LogP contribution in [0.3, 0.4) is 0 Å². The number of carbonyl (C=O) groups excluding carboxylic acids is 2. The number of hydrogen-bond acceptors (Lipinski definition) is 4. The van der Waals surface area contributed by atoms with Crippen molar-refractivity contribution in [3.63, 3.8) is 0 Å². The average molecular weight is 334 g/mol. The predicted molar refractivity (Wildman–Crippen MR) is 95.7 cm³/mol. The molecule has 2 amide bonds. The van der Waals surface area contributed by atoms with E-state index in [1.807, 2.05) is 0 Å². The molecule has 0 heterocycles. The van der Waals surface area contributed by atoms with Crippen molar-refractivity contribution in [1.82, 2.24) is 10.9 Å². The second kappa shape index (κ2) is 9.55. The van der Waals surface area contributed by atoms with E-state index >= 15 is 0 Å². The monoisotopic (exact) mass is 334 g/mol. The highest BCUT2D eigenvalue weighted by Crippen LogP contribution is 2.21. The molecule has 2 unspecified atom stereocenters. The van der Waals surface area contributed by atoms with Crippen molar-refractivity contribution in [2.45, 2.75) is 78.1 Å². The number of amides is 2. The van der Waals surface area contributed by atoms with Crippen LogP contribution >= 0.6 is 0 Å². The smallest absolute Gasteiger partial charge is 0.240 e. The fraction of sp³-hybridized carbons (Fsp3) is 0.778. The summed E-state index contributed by atoms with van der Waals surface area (Å²) in [6.45, 7) is 4.28. The first-order valence-electron chi connectivity index (χ1n) is 9.27. The largest absolute Gasteiger partial charge is 0.273 e. The summed E-state index contributed by atoms with van der Waals surface area (Å²) in [6.07, 6.45) is 9.20. The molecule has 0 aromatic carbocycles. The summed E-state index contributed by atoms with van der Waals surface area (Å²) in [7, 11) is 0. The number of nitrogens with zero attached hydrogens (tertiary/aromatic N) is 2. The van der Waals surface area contributed by atoms with Gasteiger partial charge in [0.15, 0.2) is 0 Å². The highest BCUT2D eigenvalue weighted by atomic mass is 16.2. The molecule has 2 atom stereocenters. The van der Waals surface area contributed by atoms with Crippen LogP contribution in [0.15, 0.2) is 10.2 Å². The molecule has 2 aliphatic carbocycles. The molecule has 0 aliphatic heterocycles. The molecule has 2 N–H and O–H groups in total. The van der Waals surface area contributed by atoms with Gasteiger partial charge in [-0.3, -0.25) is 9.59 Å². The van der Waals surface area contributed by atoms with Crippen LogP contribution in [0, 0.1) is 11.8 Å². The topological polar surface area (TPSA) is 82.9 Å². The molecule has 0 aromatic heterocycles. The zero-order valence-electron chi connectivity index (χ0n) is 14.9. The van der Waals surface area contributed by atoms with Gasteiger partial charge >= 0.3 is 0 Å². The van der Waals surface area contributed by atoms with Gasteiger partial charge in [-0.2, -0.15) is 10.2 Å². The molecular weight excluding hydrogens is 304 g/mol. The van der Waals surface area contributed by atoms with Crippen LogP contribution in [-0.2, 0) is 9.59 Å². The minimum absolute atomic E-state index is 0.136. The Morgan fingerprint density at radius 2 is 1.25 bits per heavy atom. The first-order valence-corrected chi connectivity index (χ1v) is 9.27. The van der Waals surface area contributed by atoms with Crippen LogP contribution in [-0.4, -0.2) is 23.2 Å². The molecule has 2 rings (SSSR count). The number of hydrogen-bond donors (Lipinski definition) is 2. The minimum Gasteiger partial charge on any atom is -0.273 e. The highest BCUT2D eigenvalue weighted by molar-refractivity contribution is 5.90. The van der Waals surface area contributed by atoms with Crippen LogP contribution in [0.5, 0.6) is 0 Å². The summed E-state index contributed by atoms with van der Waals surface area (Å²) in [6, 6.07) is 0. The molecule has 0 radical (unpaired) electrons. The van der Waals surface area contributed by atoms with Gasteiger partial charge in [-0.25, -0.2) is 10.9 Å². The second-order valence-electron chi connectivity index (χ2n) is 7.07. The highest BCUT2D eigenvalue weighted by Gasteiger charge is 2.17. The van der Waals surface area contributed by atoms with E-state index in [1.54, 1.807) is 0 Å². The lowest BCUT2D eigenvalue weighted by atomic mass is 9.89. The van der Waals surface area contributed by atoms with Crippen LogP contribution in [0.2, 0.25) is 0 Å². The number of nitrogens with one attached hydrogen (secondary N) is 2. The van der Waals surface area contributed by atoms with Crippen LogP contribution < -0.4 is 10.9 Å². The number of carbonyl (C=O) groups is 2. The van der Waals surface area contributed by atoms with Crippen LogP contribution in [0.1, 0.15) is 78.1 Å². The average Bonchev–Trinajstić information content (AvgIpc) is 2.58. The van der Waals surface area contributed by atoms with Crippen molar-refractivity contribution >= 4 is 23.2 Å². The molecule has 0 saturated heterocycles. The van der Waals surface area contributed by atoms with Crippen molar-refractivity contribution in [2.75, 3.05) is 0 Å². The molecule has 24 heavy (non-hydrogen) atoms. The second-order valence-corrected chi connectivity index (χ2v) is 7.07. The lowest BCUT2D eigenvalue weighted by Crippen LogP contribution is -2.27. The standard InChI is InChI=1S/C18H30N4O2/c1-13-7-3-5-9-15(13)19-21-17(23)11-12-18(24)22-20-16-10-6-4-8-14(16)2/h13-14H,3-12H2,1-2H3,(H,21,23)(H,22,24)/b19-15-,20-16+. The van der Waals surface area contributed by atoms with E-state index in [0.29, 0.717) is 11.8 Å². The molecule has 6 nitrogen and oxygen atoms in total. The quantitative estimate of drug-likeness (QED) is 0.757. The van der Waals surface area contributed by atoms with Gasteiger partial charge in [0.25, 0.3) is 0 Å². The van der Waals surface area contributed by atoms with E-state index in [4.69, 9.17) is 0 Å². The molecule has 2 aliphatic rings. The maximum Gasteiger partial charge on any atom is 0.240 e. The fourth-order valence-corrected chi connectivity index (χ4v) is 3.28. The van der Waals surface area contributed by atoms with Gasteiger partial charge in [0.05, 0.1) is 0 Å². The Balaban J connectivity index is 1.68. The molecule has 0 spiro atoms. The fourth-order valence-electron chi connectivity index (χ4n) is 3.28. The Bertz CT molecular complexity index is 467. The number of rotatable bonds is 5. The van der Waals surface area contributed by atoms with Gasteiger partial charge in [0, 0.05) is 24.3 Å². The summed E-state index contributed by atoms with van der Waals surface area (Å²) in [5.74, 6) is 0.453. The molecule has 0 aromatic rings. The minimum atomic E-state index is -0.214. The third-order valence-corrected chi connectivity index (χ3v) is 5.01. The molecule has 0 bridgehead atoms. The first kappa shape index (κ1) is 18.6. The summed E-state index contributed by atoms with van der Waals surface area (Å²) in [5.41, 5.74) is 7.30. The van der Waals surface area contributed by atoms with Gasteiger partial charge in [-0.05, 0) is 50.4 Å². The molecular formula is C18H30N4O2. The Labute approximate surface area is 144 Å². The Morgan fingerprint density at radius 1 is 0.833 bits per heavy atom. The third-order valence-electron chi connectivity index (χ3n) is 5.01. The lowest BCUT2D eigenvalue weighted by Gasteiger charge is -2.20. The van der Waals surface area contributed by atoms with E-state index < -0.39 is 0 Å². The zero-order valence-corrected chi connectivity index (χ0v) is 14.9. The lowest BCUT2D eigenvalue weighted by molar-refractivity contribution is -0.126. The Kier molecular flexibility index (Phi) is 7.40. The summed E-state index contributed by atoms with van der Waals surface area (Å²) in [4.78, 5) is 23.6. The molecule has 6 heteroatoms. The third kappa shape index (κ3) is 6.06. The van der Waals surface area contributed by atoms with Gasteiger partial charge in [0.2, 0.25) is 11.8 Å².